The molecule has 3 heterocycles. The van der Waals surface area contributed by atoms with Crippen molar-refractivity contribution in [2.24, 2.45) is 0 Å². The smallest absolute Gasteiger partial charge is 0.340 e. The molecule has 0 spiro atoms. The second-order valence-corrected chi connectivity index (χ2v) is 6.37. The lowest BCUT2D eigenvalue weighted by Gasteiger charge is -2.20. The maximum Gasteiger partial charge on any atom is 0.340 e. The molecule has 7 nitrogen and oxygen atoms in total. The van der Waals surface area contributed by atoms with E-state index in [1.165, 1.54) is 23.5 Å². The third kappa shape index (κ3) is 3.13. The zero-order valence-electron chi connectivity index (χ0n) is 12.2. The highest BCUT2D eigenvalue weighted by Crippen LogP contribution is 2.32. The van der Waals surface area contributed by atoms with Crippen LogP contribution in [0.25, 0.3) is 0 Å². The number of aromatic nitrogens is 2. The van der Waals surface area contributed by atoms with Crippen LogP contribution in [-0.4, -0.2) is 46.2 Å². The number of amides is 2. The molecule has 1 saturated heterocycles. The number of halogens is 1. The van der Waals surface area contributed by atoms with Crippen molar-refractivity contribution in [3.63, 3.8) is 0 Å². The summed E-state index contributed by atoms with van der Waals surface area (Å²) in [6.45, 7) is 2.65. The number of carbonyl (C=O) groups is 2. The Balaban J connectivity index is 1.83. The van der Waals surface area contributed by atoms with Crippen LogP contribution in [0, 0.1) is 0 Å². The first kappa shape index (κ1) is 15.7. The van der Waals surface area contributed by atoms with Crippen LogP contribution in [-0.2, 0) is 4.74 Å². The lowest BCUT2D eigenvalue weighted by Crippen LogP contribution is -2.37. The quantitative estimate of drug-likeness (QED) is 0.791. The maximum atomic E-state index is 12.4. The molecule has 1 aliphatic heterocycles. The topological polar surface area (TPSA) is 75.6 Å². The van der Waals surface area contributed by atoms with Gasteiger partial charge in [0.2, 0.25) is 6.23 Å². The van der Waals surface area contributed by atoms with Crippen molar-refractivity contribution < 1.29 is 14.3 Å². The van der Waals surface area contributed by atoms with Gasteiger partial charge < -0.3 is 9.64 Å². The molecule has 2 aromatic rings. The van der Waals surface area contributed by atoms with E-state index in [4.69, 9.17) is 16.3 Å². The van der Waals surface area contributed by atoms with Gasteiger partial charge in [0.05, 0.1) is 18.3 Å². The van der Waals surface area contributed by atoms with Crippen LogP contribution in [0.15, 0.2) is 30.7 Å². The van der Waals surface area contributed by atoms with E-state index in [2.05, 4.69) is 9.97 Å². The largest absolute Gasteiger partial charge is 0.435 e. The van der Waals surface area contributed by atoms with E-state index in [0.29, 0.717) is 21.6 Å². The highest BCUT2D eigenvalue weighted by Gasteiger charge is 2.41. The molecule has 3 rings (SSSR count). The first-order valence-corrected chi connectivity index (χ1v) is 8.10. The van der Waals surface area contributed by atoms with Gasteiger partial charge in [-0.15, -0.1) is 0 Å². The van der Waals surface area contributed by atoms with Crippen LogP contribution in [0.2, 0.25) is 4.34 Å². The molecule has 2 amide bonds. The lowest BCUT2D eigenvalue weighted by molar-refractivity contribution is 0.0327. The Morgan fingerprint density at radius 2 is 2.22 bits per heavy atom. The van der Waals surface area contributed by atoms with E-state index >= 15 is 0 Å². The van der Waals surface area contributed by atoms with Gasteiger partial charge in [-0.1, -0.05) is 22.9 Å². The number of nitrogens with zero attached hydrogens (tertiary/aromatic N) is 4. The van der Waals surface area contributed by atoms with Crippen LogP contribution >= 0.6 is 22.9 Å². The van der Waals surface area contributed by atoms with Crippen LogP contribution in [0.1, 0.15) is 17.3 Å². The average Bonchev–Trinajstić information content (AvgIpc) is 3.11. The monoisotopic (exact) mass is 352 g/mol. The molecule has 0 radical (unpaired) electrons. The van der Waals surface area contributed by atoms with Crippen LogP contribution in [0.3, 0.4) is 0 Å². The number of hydrogen-bond donors (Lipinski definition) is 0. The Morgan fingerprint density at radius 3 is 2.83 bits per heavy atom. The number of likely N-dealkylation sites (N-methyl/N-ethyl adjacent to an activating group) is 1. The van der Waals surface area contributed by atoms with Crippen LogP contribution in [0.5, 0.6) is 0 Å². The predicted octanol–water partition coefficient (Wildman–Crippen LogP) is 2.64. The van der Waals surface area contributed by atoms with Crippen molar-refractivity contribution >= 4 is 40.1 Å². The number of esters is 1. The average molecular weight is 353 g/mol. The minimum Gasteiger partial charge on any atom is -0.435 e. The molecular weight excluding hydrogens is 340 g/mol. The fourth-order valence-corrected chi connectivity index (χ4v) is 3.16. The molecule has 9 heteroatoms. The predicted molar refractivity (Wildman–Crippen MR) is 85.7 cm³/mol. The molecule has 1 unspecified atom stereocenters. The van der Waals surface area contributed by atoms with E-state index in [1.54, 1.807) is 17.0 Å². The standard InChI is InChI=1S/C14H13ClN4O3S/c1-2-18-8-11(22-12(20)9-3-5-16-6-4-9)19(14(18)21)13-17-7-10(15)23-13/h3-7,11H,2,8H2,1H3. The summed E-state index contributed by atoms with van der Waals surface area (Å²) in [5.74, 6) is -0.518. The van der Waals surface area contributed by atoms with Gasteiger partial charge in [0.15, 0.2) is 5.13 Å². The van der Waals surface area contributed by atoms with E-state index < -0.39 is 12.2 Å². The number of pyridine rings is 1. The maximum absolute atomic E-state index is 12.4. The van der Waals surface area contributed by atoms with Gasteiger partial charge in [0.1, 0.15) is 4.34 Å². The van der Waals surface area contributed by atoms with Gasteiger partial charge in [-0.25, -0.2) is 19.5 Å². The minimum absolute atomic E-state index is 0.258. The number of hydrogen-bond acceptors (Lipinski definition) is 6. The Bertz CT molecular complexity index is 724. The second kappa shape index (κ2) is 6.51. The summed E-state index contributed by atoms with van der Waals surface area (Å²) in [5.41, 5.74) is 0.375. The normalized spacial score (nSPS) is 17.7. The molecule has 23 heavy (non-hydrogen) atoms. The molecule has 120 valence electrons. The highest BCUT2D eigenvalue weighted by molar-refractivity contribution is 7.19. The first-order valence-electron chi connectivity index (χ1n) is 6.90. The molecule has 0 aliphatic carbocycles. The van der Waals surface area contributed by atoms with Crippen LogP contribution in [0.4, 0.5) is 9.93 Å². The molecule has 1 aliphatic rings. The molecule has 0 bridgehead atoms. The molecule has 0 saturated carbocycles. The van der Waals surface area contributed by atoms with Crippen molar-refractivity contribution in [2.75, 3.05) is 18.0 Å². The summed E-state index contributed by atoms with van der Waals surface area (Å²) in [6.07, 6.45) is 3.73. The molecule has 0 aromatic carbocycles. The number of anilines is 1. The lowest BCUT2D eigenvalue weighted by atomic mass is 10.3. The Hall–Kier alpha value is -2.19. The van der Waals surface area contributed by atoms with Gasteiger partial charge >= 0.3 is 12.0 Å². The molecule has 2 aromatic heterocycles. The summed E-state index contributed by atoms with van der Waals surface area (Å²) in [4.78, 5) is 35.6. The van der Waals surface area contributed by atoms with E-state index in [1.807, 2.05) is 6.92 Å². The zero-order valence-corrected chi connectivity index (χ0v) is 13.8. The molecular formula is C14H13ClN4O3S. The fourth-order valence-electron chi connectivity index (χ4n) is 2.22. The number of urea groups is 1. The van der Waals surface area contributed by atoms with Crippen molar-refractivity contribution in [1.82, 2.24) is 14.9 Å². The zero-order chi connectivity index (χ0) is 16.4. The van der Waals surface area contributed by atoms with Crippen molar-refractivity contribution in [1.29, 1.82) is 0 Å². The molecule has 1 fully saturated rings. The van der Waals surface area contributed by atoms with Crippen molar-refractivity contribution in [3.8, 4) is 0 Å². The summed E-state index contributed by atoms with van der Waals surface area (Å²) in [6, 6.07) is 2.86. The van der Waals surface area contributed by atoms with Gasteiger partial charge in [-0.2, -0.15) is 0 Å². The van der Waals surface area contributed by atoms with E-state index in [0.717, 1.165) is 11.3 Å². The van der Waals surface area contributed by atoms with Crippen LogP contribution < -0.4 is 4.90 Å². The Labute approximate surface area is 141 Å². The van der Waals surface area contributed by atoms with Crippen molar-refractivity contribution in [2.45, 2.75) is 13.2 Å². The third-order valence-electron chi connectivity index (χ3n) is 3.35. The van der Waals surface area contributed by atoms with Crippen molar-refractivity contribution in [3.05, 3.63) is 40.6 Å². The summed E-state index contributed by atoms with van der Waals surface area (Å²) < 4.78 is 5.96. The molecule has 1 atom stereocenters. The van der Waals surface area contributed by atoms with Gasteiger partial charge in [0, 0.05) is 18.9 Å². The number of thiazole rings is 1. The molecule has 0 N–H and O–H groups in total. The number of rotatable bonds is 4. The van der Waals surface area contributed by atoms with Gasteiger partial charge in [-0.05, 0) is 19.1 Å². The number of carbonyl (C=O) groups excluding carboxylic acids is 2. The number of ether oxygens (including phenoxy) is 1. The second-order valence-electron chi connectivity index (χ2n) is 4.73. The summed E-state index contributed by atoms with van der Waals surface area (Å²) >= 11 is 7.06. The minimum atomic E-state index is -0.745. The van der Waals surface area contributed by atoms with E-state index in [-0.39, 0.29) is 12.6 Å². The Morgan fingerprint density at radius 1 is 1.48 bits per heavy atom. The summed E-state index contributed by atoms with van der Waals surface area (Å²) in [5, 5.41) is 0.406. The third-order valence-corrected chi connectivity index (χ3v) is 4.47. The van der Waals surface area contributed by atoms with Gasteiger partial charge in [-0.3, -0.25) is 4.98 Å². The summed E-state index contributed by atoms with van der Waals surface area (Å²) in [7, 11) is 0. The fraction of sp³-hybridized carbons (Fsp3) is 0.286. The van der Waals surface area contributed by atoms with E-state index in [9.17, 15) is 9.59 Å². The highest BCUT2D eigenvalue weighted by atomic mass is 35.5. The SMILES string of the molecule is CCN1CC(OC(=O)c2ccncc2)N(c2ncc(Cl)s2)C1=O. The first-order chi connectivity index (χ1) is 11.1. The van der Waals surface area contributed by atoms with Gasteiger partial charge in [0.25, 0.3) is 0 Å². The Kier molecular flexibility index (Phi) is 4.44.